The van der Waals surface area contributed by atoms with Crippen LogP contribution in [0.5, 0.6) is 5.75 Å². The van der Waals surface area contributed by atoms with Gasteiger partial charge in [-0.3, -0.25) is 4.79 Å². The number of nitrogens with one attached hydrogen (secondary N) is 1. The smallest absolute Gasteiger partial charge is 0.256 e. The lowest BCUT2D eigenvalue weighted by atomic mass is 10.1. The fourth-order valence-corrected chi connectivity index (χ4v) is 3.71. The number of pyridine rings is 1. The molecule has 2 aromatic heterocycles. The summed E-state index contributed by atoms with van der Waals surface area (Å²) < 4.78 is 7.73. The summed E-state index contributed by atoms with van der Waals surface area (Å²) in [6, 6.07) is 13.9. The molecule has 0 saturated carbocycles. The van der Waals surface area contributed by atoms with Crippen molar-refractivity contribution in [2.24, 2.45) is 0 Å². The molecule has 5 heteroatoms. The Bertz CT molecular complexity index is 1150. The molecule has 0 aliphatic heterocycles. The molecule has 0 saturated heterocycles. The van der Waals surface area contributed by atoms with E-state index in [2.05, 4.69) is 34.6 Å². The second-order valence-corrected chi connectivity index (χ2v) is 6.91. The van der Waals surface area contributed by atoms with Crippen LogP contribution in [-0.4, -0.2) is 42.2 Å². The van der Waals surface area contributed by atoms with Gasteiger partial charge in [-0.05, 0) is 51.3 Å². The lowest BCUT2D eigenvalue weighted by molar-refractivity contribution is 0.389. The Kier molecular flexibility index (Phi) is 4.17. The van der Waals surface area contributed by atoms with Gasteiger partial charge in [-0.25, -0.2) is 0 Å². The summed E-state index contributed by atoms with van der Waals surface area (Å²) >= 11 is 0. The number of fused-ring (bicyclic) bond motifs is 5. The van der Waals surface area contributed by atoms with Crippen LogP contribution in [0.2, 0.25) is 0 Å². The van der Waals surface area contributed by atoms with E-state index < -0.39 is 0 Å². The van der Waals surface area contributed by atoms with Crippen molar-refractivity contribution < 1.29 is 4.74 Å². The van der Waals surface area contributed by atoms with Crippen molar-refractivity contribution in [2.45, 2.75) is 13.0 Å². The zero-order chi connectivity index (χ0) is 18.3. The normalized spacial score (nSPS) is 11.8. The molecule has 0 atom stereocenters. The maximum atomic E-state index is 12.6. The standard InChI is InChI=1S/C21H23N3O2/c1-23(2)11-6-12-24-18-10-9-14(26-3)13-17(18)19-20(24)15-7-4-5-8-16(15)21(25)22-19/h4-5,7-10,13H,6,11-12H2,1-3H3,(H,22,25). The van der Waals surface area contributed by atoms with Gasteiger partial charge in [0.15, 0.2) is 0 Å². The van der Waals surface area contributed by atoms with Gasteiger partial charge in [-0.1, -0.05) is 18.2 Å². The molecule has 5 nitrogen and oxygen atoms in total. The highest BCUT2D eigenvalue weighted by molar-refractivity contribution is 6.15. The maximum Gasteiger partial charge on any atom is 0.256 e. The number of methoxy groups -OCH3 is 1. The van der Waals surface area contributed by atoms with Crippen molar-refractivity contribution in [2.75, 3.05) is 27.7 Å². The Labute approximate surface area is 151 Å². The van der Waals surface area contributed by atoms with Crippen LogP contribution < -0.4 is 10.3 Å². The van der Waals surface area contributed by atoms with Gasteiger partial charge in [-0.2, -0.15) is 0 Å². The quantitative estimate of drug-likeness (QED) is 0.599. The zero-order valence-electron chi connectivity index (χ0n) is 15.4. The van der Waals surface area contributed by atoms with Crippen molar-refractivity contribution in [3.8, 4) is 5.75 Å². The van der Waals surface area contributed by atoms with Gasteiger partial charge in [-0.15, -0.1) is 0 Å². The van der Waals surface area contributed by atoms with Crippen molar-refractivity contribution in [1.82, 2.24) is 14.5 Å². The molecule has 4 rings (SSSR count). The first-order valence-electron chi connectivity index (χ1n) is 8.86. The number of H-pyrrole nitrogens is 1. The van der Waals surface area contributed by atoms with E-state index in [0.717, 1.165) is 58.0 Å². The highest BCUT2D eigenvalue weighted by Gasteiger charge is 2.16. The van der Waals surface area contributed by atoms with Crippen LogP contribution in [0.1, 0.15) is 6.42 Å². The second-order valence-electron chi connectivity index (χ2n) is 6.91. The zero-order valence-corrected chi connectivity index (χ0v) is 15.4. The monoisotopic (exact) mass is 349 g/mol. The predicted molar refractivity (Wildman–Crippen MR) is 107 cm³/mol. The van der Waals surface area contributed by atoms with Crippen LogP contribution in [0.4, 0.5) is 0 Å². The summed E-state index contributed by atoms with van der Waals surface area (Å²) in [5.74, 6) is 0.791. The third-order valence-corrected chi connectivity index (χ3v) is 4.92. The molecule has 134 valence electrons. The summed E-state index contributed by atoms with van der Waals surface area (Å²) in [7, 11) is 5.84. The topological polar surface area (TPSA) is 50.3 Å². The number of aromatic amines is 1. The minimum atomic E-state index is -0.0525. The molecule has 4 aromatic rings. The molecule has 0 amide bonds. The van der Waals surface area contributed by atoms with Gasteiger partial charge in [0.25, 0.3) is 5.56 Å². The fourth-order valence-electron chi connectivity index (χ4n) is 3.71. The molecule has 0 aliphatic carbocycles. The van der Waals surface area contributed by atoms with Gasteiger partial charge in [0.2, 0.25) is 0 Å². The number of benzene rings is 2. The average Bonchev–Trinajstić information content (AvgIpc) is 2.95. The van der Waals surface area contributed by atoms with Crippen LogP contribution in [0.25, 0.3) is 32.7 Å². The molecule has 0 radical (unpaired) electrons. The Morgan fingerprint density at radius 2 is 1.85 bits per heavy atom. The van der Waals surface area contributed by atoms with Crippen LogP contribution in [0.3, 0.4) is 0 Å². The van der Waals surface area contributed by atoms with Crippen molar-refractivity contribution in [1.29, 1.82) is 0 Å². The molecule has 0 bridgehead atoms. The molecule has 0 fully saturated rings. The predicted octanol–water partition coefficient (Wildman–Crippen LogP) is 3.60. The number of hydrogen-bond acceptors (Lipinski definition) is 3. The van der Waals surface area contributed by atoms with E-state index in [4.69, 9.17) is 4.74 Å². The molecule has 0 aliphatic rings. The first kappa shape index (κ1) is 16.7. The average molecular weight is 349 g/mol. The van der Waals surface area contributed by atoms with Crippen LogP contribution in [0.15, 0.2) is 47.3 Å². The molecule has 26 heavy (non-hydrogen) atoms. The minimum Gasteiger partial charge on any atom is -0.497 e. The number of hydrogen-bond donors (Lipinski definition) is 1. The van der Waals surface area contributed by atoms with E-state index in [0.29, 0.717) is 0 Å². The first-order chi connectivity index (χ1) is 12.6. The van der Waals surface area contributed by atoms with E-state index in [1.807, 2.05) is 36.4 Å². The molecule has 0 unspecified atom stereocenters. The Morgan fingerprint density at radius 3 is 2.58 bits per heavy atom. The Balaban J connectivity index is 2.07. The highest BCUT2D eigenvalue weighted by Crippen LogP contribution is 2.33. The molecule has 2 aromatic carbocycles. The first-order valence-corrected chi connectivity index (χ1v) is 8.86. The molecular formula is C21H23N3O2. The lowest BCUT2D eigenvalue weighted by Crippen LogP contribution is -2.15. The third kappa shape index (κ3) is 2.65. The summed E-state index contributed by atoms with van der Waals surface area (Å²) in [5, 5.41) is 2.74. The number of nitrogens with zero attached hydrogens (tertiary/aromatic N) is 2. The lowest BCUT2D eigenvalue weighted by Gasteiger charge is -2.12. The van der Waals surface area contributed by atoms with Gasteiger partial charge in [0, 0.05) is 22.7 Å². The van der Waals surface area contributed by atoms with Gasteiger partial charge >= 0.3 is 0 Å². The molecule has 0 spiro atoms. The van der Waals surface area contributed by atoms with Crippen LogP contribution in [-0.2, 0) is 6.54 Å². The van der Waals surface area contributed by atoms with Crippen molar-refractivity contribution in [3.63, 3.8) is 0 Å². The van der Waals surface area contributed by atoms with E-state index in [1.165, 1.54) is 0 Å². The van der Waals surface area contributed by atoms with E-state index in [1.54, 1.807) is 7.11 Å². The van der Waals surface area contributed by atoms with E-state index >= 15 is 0 Å². The Morgan fingerprint density at radius 1 is 1.08 bits per heavy atom. The van der Waals surface area contributed by atoms with Crippen LogP contribution >= 0.6 is 0 Å². The number of aryl methyl sites for hydroxylation is 1. The summed E-state index contributed by atoms with van der Waals surface area (Å²) in [6.45, 7) is 1.90. The minimum absolute atomic E-state index is 0.0525. The highest BCUT2D eigenvalue weighted by atomic mass is 16.5. The Hall–Kier alpha value is -2.79. The number of ether oxygens (including phenoxy) is 1. The van der Waals surface area contributed by atoms with E-state index in [9.17, 15) is 4.79 Å². The largest absolute Gasteiger partial charge is 0.497 e. The third-order valence-electron chi connectivity index (χ3n) is 4.92. The summed E-state index contributed by atoms with van der Waals surface area (Å²) in [5.41, 5.74) is 3.03. The summed E-state index contributed by atoms with van der Waals surface area (Å²) in [4.78, 5) is 17.9. The maximum absolute atomic E-state index is 12.6. The number of aromatic nitrogens is 2. The fraction of sp³-hybridized carbons (Fsp3) is 0.286. The van der Waals surface area contributed by atoms with Crippen LogP contribution in [0, 0.1) is 0 Å². The van der Waals surface area contributed by atoms with Gasteiger partial charge in [0.05, 0.1) is 23.7 Å². The number of rotatable bonds is 5. The molecular weight excluding hydrogens is 326 g/mol. The van der Waals surface area contributed by atoms with E-state index in [-0.39, 0.29) is 5.56 Å². The molecule has 1 N–H and O–H groups in total. The van der Waals surface area contributed by atoms with Gasteiger partial charge < -0.3 is 19.2 Å². The van der Waals surface area contributed by atoms with Crippen molar-refractivity contribution in [3.05, 3.63) is 52.8 Å². The SMILES string of the molecule is COc1ccc2c(c1)c1[nH]c(=O)c3ccccc3c1n2CCCN(C)C. The van der Waals surface area contributed by atoms with Gasteiger partial charge in [0.1, 0.15) is 5.75 Å². The molecule has 2 heterocycles. The van der Waals surface area contributed by atoms with Crippen molar-refractivity contribution >= 4 is 32.7 Å². The second kappa shape index (κ2) is 6.50. The summed E-state index contributed by atoms with van der Waals surface area (Å²) in [6.07, 6.45) is 1.03.